The average molecular weight is 341 g/mol. The van der Waals surface area contributed by atoms with Crippen molar-refractivity contribution in [3.63, 3.8) is 0 Å². The van der Waals surface area contributed by atoms with Crippen molar-refractivity contribution in [1.82, 2.24) is 15.1 Å². The van der Waals surface area contributed by atoms with Crippen molar-refractivity contribution in [1.29, 1.82) is 0 Å². The maximum atomic E-state index is 12.0. The van der Waals surface area contributed by atoms with Gasteiger partial charge in [0.1, 0.15) is 0 Å². The van der Waals surface area contributed by atoms with Gasteiger partial charge in [-0.1, -0.05) is 54.1 Å². The summed E-state index contributed by atoms with van der Waals surface area (Å²) in [7, 11) is 1.85. The third-order valence-electron chi connectivity index (χ3n) is 3.56. The normalized spacial score (nSPS) is 10.4. The smallest absolute Gasteiger partial charge is 0.320 e. The van der Waals surface area contributed by atoms with E-state index in [-0.39, 0.29) is 6.03 Å². The molecule has 0 saturated carbocycles. The number of nitrogens with one attached hydrogen (secondary N) is 2. The highest BCUT2D eigenvalue weighted by atomic mass is 35.5. The lowest BCUT2D eigenvalue weighted by atomic mass is 10.1. The summed E-state index contributed by atoms with van der Waals surface area (Å²) >= 11 is 5.84. The fraction of sp³-hybridized carbons (Fsp3) is 0.111. The van der Waals surface area contributed by atoms with E-state index in [2.05, 4.69) is 15.7 Å². The number of rotatable bonds is 4. The Morgan fingerprint density at radius 2 is 1.83 bits per heavy atom. The first-order chi connectivity index (χ1) is 11.6. The second-order valence-corrected chi connectivity index (χ2v) is 5.78. The molecule has 0 aliphatic heterocycles. The van der Waals surface area contributed by atoms with E-state index >= 15 is 0 Å². The molecule has 1 aromatic heterocycles. The summed E-state index contributed by atoms with van der Waals surface area (Å²) in [4.78, 5) is 12.0. The monoisotopic (exact) mass is 340 g/mol. The lowest BCUT2D eigenvalue weighted by Gasteiger charge is -2.05. The molecule has 1 heterocycles. The third-order valence-corrected chi connectivity index (χ3v) is 3.81. The van der Waals surface area contributed by atoms with Gasteiger partial charge in [0.05, 0.1) is 5.69 Å². The fourth-order valence-corrected chi connectivity index (χ4v) is 2.48. The summed E-state index contributed by atoms with van der Waals surface area (Å²) in [6.07, 6.45) is 0. The zero-order valence-electron chi connectivity index (χ0n) is 13.2. The molecule has 0 atom stereocenters. The number of benzene rings is 2. The van der Waals surface area contributed by atoms with Crippen molar-refractivity contribution in [2.24, 2.45) is 7.05 Å². The summed E-state index contributed by atoms with van der Waals surface area (Å²) < 4.78 is 1.74. The van der Waals surface area contributed by atoms with Crippen LogP contribution in [0.25, 0.3) is 11.3 Å². The van der Waals surface area contributed by atoms with Crippen LogP contribution in [-0.2, 0) is 13.6 Å². The zero-order valence-corrected chi connectivity index (χ0v) is 13.9. The summed E-state index contributed by atoms with van der Waals surface area (Å²) in [5, 5.41) is 10.5. The molecule has 0 unspecified atom stereocenters. The first-order valence-corrected chi connectivity index (χ1v) is 7.88. The van der Waals surface area contributed by atoms with Crippen LogP contribution in [0, 0.1) is 0 Å². The standard InChI is InChI=1S/C18H17ClN4O/c1-23-16(14-5-3-2-4-6-14)11-17(22-23)21-18(24)20-12-13-7-9-15(19)10-8-13/h2-11H,12H2,1H3,(H2,20,21,22,24). The first-order valence-electron chi connectivity index (χ1n) is 7.50. The van der Waals surface area contributed by atoms with Crippen molar-refractivity contribution in [3.8, 4) is 11.3 Å². The molecule has 122 valence electrons. The van der Waals surface area contributed by atoms with Gasteiger partial charge in [-0.15, -0.1) is 0 Å². The molecule has 2 N–H and O–H groups in total. The molecule has 0 bridgehead atoms. The molecular formula is C18H17ClN4O. The zero-order chi connectivity index (χ0) is 16.9. The summed E-state index contributed by atoms with van der Waals surface area (Å²) in [6, 6.07) is 18.8. The molecule has 0 aliphatic carbocycles. The second kappa shape index (κ2) is 7.19. The van der Waals surface area contributed by atoms with E-state index < -0.39 is 0 Å². The first kappa shape index (κ1) is 16.1. The largest absolute Gasteiger partial charge is 0.334 e. The summed E-state index contributed by atoms with van der Waals surface area (Å²) in [5.41, 5.74) is 2.95. The number of anilines is 1. The maximum absolute atomic E-state index is 12.0. The molecule has 0 fully saturated rings. The Hall–Kier alpha value is -2.79. The Bertz CT molecular complexity index is 828. The number of hydrogen-bond acceptors (Lipinski definition) is 2. The van der Waals surface area contributed by atoms with Gasteiger partial charge in [0.15, 0.2) is 5.82 Å². The van der Waals surface area contributed by atoms with Gasteiger partial charge in [0, 0.05) is 24.7 Å². The van der Waals surface area contributed by atoms with Crippen molar-refractivity contribution in [3.05, 3.63) is 71.2 Å². The van der Waals surface area contributed by atoms with E-state index in [0.717, 1.165) is 16.8 Å². The van der Waals surface area contributed by atoms with Gasteiger partial charge < -0.3 is 5.32 Å². The molecule has 0 spiro atoms. The van der Waals surface area contributed by atoms with Gasteiger partial charge in [-0.25, -0.2) is 4.79 Å². The van der Waals surface area contributed by atoms with E-state index in [1.807, 2.05) is 55.6 Å². The molecule has 2 amide bonds. The minimum absolute atomic E-state index is 0.303. The number of carbonyl (C=O) groups is 1. The van der Waals surface area contributed by atoms with E-state index in [1.165, 1.54) is 0 Å². The number of nitrogens with zero attached hydrogens (tertiary/aromatic N) is 2. The molecule has 0 radical (unpaired) electrons. The van der Waals surface area contributed by atoms with Crippen LogP contribution in [0.1, 0.15) is 5.56 Å². The van der Waals surface area contributed by atoms with Crippen LogP contribution in [0.5, 0.6) is 0 Å². The van der Waals surface area contributed by atoms with Crippen molar-refractivity contribution < 1.29 is 4.79 Å². The number of urea groups is 1. The van der Waals surface area contributed by atoms with E-state index in [1.54, 1.807) is 16.8 Å². The van der Waals surface area contributed by atoms with Gasteiger partial charge in [0.25, 0.3) is 0 Å². The highest BCUT2D eigenvalue weighted by Gasteiger charge is 2.09. The topological polar surface area (TPSA) is 59.0 Å². The van der Waals surface area contributed by atoms with Gasteiger partial charge in [-0.05, 0) is 23.3 Å². The van der Waals surface area contributed by atoms with Crippen molar-refractivity contribution >= 4 is 23.4 Å². The third kappa shape index (κ3) is 3.94. The minimum Gasteiger partial charge on any atom is -0.334 e. The minimum atomic E-state index is -0.303. The predicted octanol–water partition coefficient (Wildman–Crippen LogP) is 4.06. The van der Waals surface area contributed by atoms with Crippen LogP contribution in [0.4, 0.5) is 10.6 Å². The quantitative estimate of drug-likeness (QED) is 0.752. The predicted molar refractivity (Wildman–Crippen MR) is 96.0 cm³/mol. The van der Waals surface area contributed by atoms with Crippen LogP contribution in [0.2, 0.25) is 5.02 Å². The Balaban J connectivity index is 1.61. The molecule has 3 rings (SSSR count). The fourth-order valence-electron chi connectivity index (χ4n) is 2.35. The number of aromatic nitrogens is 2. The number of carbonyl (C=O) groups excluding carboxylic acids is 1. The van der Waals surface area contributed by atoms with Gasteiger partial charge in [-0.2, -0.15) is 5.10 Å². The van der Waals surface area contributed by atoms with Crippen LogP contribution in [0.15, 0.2) is 60.7 Å². The Kier molecular flexibility index (Phi) is 4.82. The molecule has 6 heteroatoms. The van der Waals surface area contributed by atoms with Gasteiger partial charge in [-0.3, -0.25) is 10.00 Å². The lowest BCUT2D eigenvalue weighted by Crippen LogP contribution is -2.28. The summed E-state index contributed by atoms with van der Waals surface area (Å²) in [6.45, 7) is 0.418. The molecular weight excluding hydrogens is 324 g/mol. The van der Waals surface area contributed by atoms with Crippen LogP contribution < -0.4 is 10.6 Å². The van der Waals surface area contributed by atoms with Gasteiger partial charge >= 0.3 is 6.03 Å². The molecule has 0 aliphatic rings. The maximum Gasteiger partial charge on any atom is 0.320 e. The van der Waals surface area contributed by atoms with E-state index in [0.29, 0.717) is 17.4 Å². The Morgan fingerprint density at radius 3 is 2.54 bits per heavy atom. The van der Waals surface area contributed by atoms with E-state index in [4.69, 9.17) is 11.6 Å². The van der Waals surface area contributed by atoms with Crippen LogP contribution in [-0.4, -0.2) is 15.8 Å². The number of halogens is 1. The van der Waals surface area contributed by atoms with Crippen molar-refractivity contribution in [2.45, 2.75) is 6.54 Å². The summed E-state index contributed by atoms with van der Waals surface area (Å²) in [5.74, 6) is 0.505. The lowest BCUT2D eigenvalue weighted by molar-refractivity contribution is 0.251. The van der Waals surface area contributed by atoms with Crippen LogP contribution in [0.3, 0.4) is 0 Å². The van der Waals surface area contributed by atoms with E-state index in [9.17, 15) is 4.79 Å². The van der Waals surface area contributed by atoms with Crippen LogP contribution >= 0.6 is 11.6 Å². The van der Waals surface area contributed by atoms with Crippen molar-refractivity contribution in [2.75, 3.05) is 5.32 Å². The Labute approximate surface area is 145 Å². The Morgan fingerprint density at radius 1 is 1.12 bits per heavy atom. The molecule has 3 aromatic rings. The SMILES string of the molecule is Cn1nc(NC(=O)NCc2ccc(Cl)cc2)cc1-c1ccccc1. The highest BCUT2D eigenvalue weighted by molar-refractivity contribution is 6.30. The molecule has 0 saturated heterocycles. The second-order valence-electron chi connectivity index (χ2n) is 5.34. The number of amides is 2. The highest BCUT2D eigenvalue weighted by Crippen LogP contribution is 2.21. The average Bonchev–Trinajstić information content (AvgIpc) is 2.95. The molecule has 2 aromatic carbocycles. The number of hydrogen-bond donors (Lipinski definition) is 2. The van der Waals surface area contributed by atoms with Gasteiger partial charge in [0.2, 0.25) is 0 Å². The molecule has 5 nitrogen and oxygen atoms in total. The number of aryl methyl sites for hydroxylation is 1. The molecule has 24 heavy (non-hydrogen) atoms.